The van der Waals surface area contributed by atoms with Crippen LogP contribution >= 0.6 is 11.6 Å². The largest absolute Gasteiger partial charge is 0.471 e. The molecule has 90 valence electrons. The Kier molecular flexibility index (Phi) is 2.86. The first-order chi connectivity index (χ1) is 8.81. The van der Waals surface area contributed by atoms with Gasteiger partial charge in [0.05, 0.1) is 5.52 Å². The molecule has 0 aliphatic heterocycles. The summed E-state index contributed by atoms with van der Waals surface area (Å²) in [6, 6.07) is 13.2. The van der Waals surface area contributed by atoms with Crippen molar-refractivity contribution in [3.05, 3.63) is 59.5 Å². The van der Waals surface area contributed by atoms with Gasteiger partial charge in [0.1, 0.15) is 17.5 Å². The van der Waals surface area contributed by atoms with E-state index in [0.717, 1.165) is 11.2 Å². The maximum atomic E-state index is 5.78. The molecular formula is C13H10ClN3O. The van der Waals surface area contributed by atoms with Gasteiger partial charge >= 0.3 is 0 Å². The van der Waals surface area contributed by atoms with Gasteiger partial charge in [-0.1, -0.05) is 23.7 Å². The molecule has 18 heavy (non-hydrogen) atoms. The van der Waals surface area contributed by atoms with Crippen molar-refractivity contribution in [3.63, 3.8) is 0 Å². The zero-order valence-corrected chi connectivity index (χ0v) is 10.2. The molecule has 5 heteroatoms. The Labute approximate surface area is 109 Å². The zero-order chi connectivity index (χ0) is 12.4. The molecule has 0 aliphatic carbocycles. The Bertz CT molecular complexity index is 648. The van der Waals surface area contributed by atoms with Crippen molar-refractivity contribution in [1.82, 2.24) is 14.6 Å². The lowest BCUT2D eigenvalue weighted by Gasteiger charge is -2.02. The van der Waals surface area contributed by atoms with Gasteiger partial charge in [0.15, 0.2) is 0 Å². The fourth-order valence-corrected chi connectivity index (χ4v) is 1.84. The van der Waals surface area contributed by atoms with Gasteiger partial charge in [0.25, 0.3) is 0 Å². The van der Waals surface area contributed by atoms with E-state index in [1.165, 1.54) is 0 Å². The number of hydrogen-bond acceptors (Lipinski definition) is 3. The summed E-state index contributed by atoms with van der Waals surface area (Å²) in [5, 5.41) is 4.80. The van der Waals surface area contributed by atoms with E-state index in [2.05, 4.69) is 10.1 Å². The number of aromatic nitrogens is 3. The van der Waals surface area contributed by atoms with E-state index in [-0.39, 0.29) is 0 Å². The van der Waals surface area contributed by atoms with E-state index >= 15 is 0 Å². The first-order valence-electron chi connectivity index (χ1n) is 5.50. The van der Waals surface area contributed by atoms with Crippen LogP contribution in [-0.4, -0.2) is 14.6 Å². The summed E-state index contributed by atoms with van der Waals surface area (Å²) in [4.78, 5) is 4.05. The third kappa shape index (κ3) is 2.28. The summed E-state index contributed by atoms with van der Waals surface area (Å²) < 4.78 is 7.34. The van der Waals surface area contributed by atoms with Gasteiger partial charge in [-0.3, -0.25) is 0 Å². The number of fused-ring (bicyclic) bond motifs is 1. The van der Waals surface area contributed by atoms with Crippen molar-refractivity contribution < 1.29 is 4.74 Å². The maximum Gasteiger partial charge on any atom is 0.215 e. The smallest absolute Gasteiger partial charge is 0.215 e. The molecule has 0 aromatic carbocycles. The number of nitrogens with zero attached hydrogens (tertiary/aromatic N) is 3. The highest BCUT2D eigenvalue weighted by molar-refractivity contribution is 6.29. The molecule has 0 aliphatic rings. The average Bonchev–Trinajstić information content (AvgIpc) is 2.79. The van der Waals surface area contributed by atoms with Crippen LogP contribution < -0.4 is 4.74 Å². The van der Waals surface area contributed by atoms with Crippen LogP contribution in [0.25, 0.3) is 5.52 Å². The highest BCUT2D eigenvalue weighted by Crippen LogP contribution is 2.13. The molecular weight excluding hydrogens is 250 g/mol. The third-order valence-electron chi connectivity index (χ3n) is 2.48. The number of halogens is 1. The molecule has 0 bridgehead atoms. The second-order valence-electron chi connectivity index (χ2n) is 3.79. The standard InChI is InChI=1S/C13H10ClN3O/c14-12-5-3-6-13(15-12)18-9-10-8-11-4-1-2-7-17(11)16-10/h1-8H,9H2. The second kappa shape index (κ2) is 4.66. The summed E-state index contributed by atoms with van der Waals surface area (Å²) in [5.41, 5.74) is 1.89. The van der Waals surface area contributed by atoms with Crippen LogP contribution in [0.5, 0.6) is 5.88 Å². The molecule has 3 aromatic heterocycles. The molecule has 0 saturated heterocycles. The SMILES string of the molecule is Clc1cccc(OCc2cc3ccccn3n2)n1. The Hall–Kier alpha value is -2.07. The summed E-state index contributed by atoms with van der Waals surface area (Å²) in [6.45, 7) is 0.370. The first-order valence-corrected chi connectivity index (χ1v) is 5.88. The molecule has 3 rings (SSSR count). The molecule has 0 amide bonds. The van der Waals surface area contributed by atoms with Gasteiger partial charge < -0.3 is 4.74 Å². The molecule has 0 unspecified atom stereocenters. The lowest BCUT2D eigenvalue weighted by Crippen LogP contribution is -1.98. The first kappa shape index (κ1) is 11.0. The van der Waals surface area contributed by atoms with Crippen molar-refractivity contribution in [1.29, 1.82) is 0 Å². The number of pyridine rings is 2. The fourth-order valence-electron chi connectivity index (χ4n) is 1.68. The Morgan fingerprint density at radius 3 is 2.94 bits per heavy atom. The van der Waals surface area contributed by atoms with E-state index < -0.39 is 0 Å². The topological polar surface area (TPSA) is 39.4 Å². The van der Waals surface area contributed by atoms with Crippen LogP contribution in [0.3, 0.4) is 0 Å². The van der Waals surface area contributed by atoms with E-state index in [9.17, 15) is 0 Å². The quantitative estimate of drug-likeness (QED) is 0.679. The molecule has 0 saturated carbocycles. The maximum absolute atomic E-state index is 5.78. The van der Waals surface area contributed by atoms with E-state index in [4.69, 9.17) is 16.3 Å². The van der Waals surface area contributed by atoms with Gasteiger partial charge in [-0.2, -0.15) is 5.10 Å². The second-order valence-corrected chi connectivity index (χ2v) is 4.18. The number of ether oxygens (including phenoxy) is 1. The molecule has 3 heterocycles. The number of rotatable bonds is 3. The van der Waals surface area contributed by atoms with Crippen molar-refractivity contribution in [2.45, 2.75) is 6.61 Å². The van der Waals surface area contributed by atoms with Gasteiger partial charge in [0.2, 0.25) is 5.88 Å². The summed E-state index contributed by atoms with van der Waals surface area (Å²) >= 11 is 5.78. The molecule has 0 radical (unpaired) electrons. The van der Waals surface area contributed by atoms with Crippen LogP contribution in [0.15, 0.2) is 48.7 Å². The molecule has 0 fully saturated rings. The van der Waals surface area contributed by atoms with Crippen molar-refractivity contribution in [2.24, 2.45) is 0 Å². The summed E-state index contributed by atoms with van der Waals surface area (Å²) in [7, 11) is 0. The minimum Gasteiger partial charge on any atom is -0.471 e. The molecule has 0 N–H and O–H groups in total. The van der Waals surface area contributed by atoms with E-state index in [1.807, 2.05) is 35.0 Å². The molecule has 0 spiro atoms. The van der Waals surface area contributed by atoms with Crippen LogP contribution in [0, 0.1) is 0 Å². The van der Waals surface area contributed by atoms with Crippen molar-refractivity contribution >= 4 is 17.1 Å². The van der Waals surface area contributed by atoms with Crippen LogP contribution in [0.1, 0.15) is 5.69 Å². The lowest BCUT2D eigenvalue weighted by molar-refractivity contribution is 0.289. The molecule has 0 atom stereocenters. The van der Waals surface area contributed by atoms with Gasteiger partial charge in [-0.25, -0.2) is 9.50 Å². The normalized spacial score (nSPS) is 10.7. The lowest BCUT2D eigenvalue weighted by atomic mass is 10.4. The Morgan fingerprint density at radius 2 is 2.11 bits per heavy atom. The van der Waals surface area contributed by atoms with Gasteiger partial charge in [-0.05, 0) is 24.3 Å². The Balaban J connectivity index is 1.76. The van der Waals surface area contributed by atoms with Crippen molar-refractivity contribution in [2.75, 3.05) is 0 Å². The van der Waals surface area contributed by atoms with Crippen LogP contribution in [0.4, 0.5) is 0 Å². The van der Waals surface area contributed by atoms with E-state index in [1.54, 1.807) is 18.2 Å². The van der Waals surface area contributed by atoms with Gasteiger partial charge in [0, 0.05) is 12.3 Å². The van der Waals surface area contributed by atoms with E-state index in [0.29, 0.717) is 17.6 Å². The fraction of sp³-hybridized carbons (Fsp3) is 0.0769. The van der Waals surface area contributed by atoms with Crippen LogP contribution in [0.2, 0.25) is 5.15 Å². The summed E-state index contributed by atoms with van der Waals surface area (Å²) in [5.74, 6) is 0.500. The highest BCUT2D eigenvalue weighted by Gasteiger charge is 2.03. The van der Waals surface area contributed by atoms with Gasteiger partial charge in [-0.15, -0.1) is 0 Å². The average molecular weight is 260 g/mol. The minimum atomic E-state index is 0.370. The summed E-state index contributed by atoms with van der Waals surface area (Å²) in [6.07, 6.45) is 1.90. The molecule has 3 aromatic rings. The van der Waals surface area contributed by atoms with Crippen LogP contribution in [-0.2, 0) is 6.61 Å². The predicted octanol–water partition coefficient (Wildman–Crippen LogP) is 2.96. The minimum absolute atomic E-state index is 0.370. The predicted molar refractivity (Wildman–Crippen MR) is 68.8 cm³/mol. The zero-order valence-electron chi connectivity index (χ0n) is 9.45. The molecule has 4 nitrogen and oxygen atoms in total. The Morgan fingerprint density at radius 1 is 1.17 bits per heavy atom. The number of hydrogen-bond donors (Lipinski definition) is 0. The third-order valence-corrected chi connectivity index (χ3v) is 2.69. The van der Waals surface area contributed by atoms with Crippen molar-refractivity contribution in [3.8, 4) is 5.88 Å². The monoisotopic (exact) mass is 259 g/mol. The highest BCUT2D eigenvalue weighted by atomic mass is 35.5.